The number of nitrogens with zero attached hydrogens (tertiary/aromatic N) is 2. The van der Waals surface area contributed by atoms with Crippen molar-refractivity contribution >= 4 is 17.4 Å². The van der Waals surface area contributed by atoms with Crippen molar-refractivity contribution in [1.82, 2.24) is 9.97 Å². The number of hydrogen-bond acceptors (Lipinski definition) is 3. The minimum Gasteiger partial charge on any atom is -0.366 e. The van der Waals surface area contributed by atoms with Gasteiger partial charge >= 0.3 is 0 Å². The third-order valence-electron chi connectivity index (χ3n) is 2.71. The van der Waals surface area contributed by atoms with Gasteiger partial charge in [-0.1, -0.05) is 24.6 Å². The zero-order valence-electron chi connectivity index (χ0n) is 10.9. The predicted molar refractivity (Wildman–Crippen MR) is 74.9 cm³/mol. The molecule has 0 saturated heterocycles. The van der Waals surface area contributed by atoms with Crippen molar-refractivity contribution in [2.24, 2.45) is 0 Å². The average molecular weight is 280 g/mol. The second-order valence-electron chi connectivity index (χ2n) is 4.25. The first-order chi connectivity index (χ1) is 9.08. The summed E-state index contributed by atoms with van der Waals surface area (Å²) in [7, 11) is 0. The Balaban J connectivity index is 2.09. The number of anilines is 1. The standard InChI is InChI=1S/C14H15ClFN3/c1-3-11-7-14(19-9(2)18-11)17-8-10-4-5-13(16)12(15)6-10/h4-7H,3,8H2,1-2H3,(H,17,18,19). The first-order valence-electron chi connectivity index (χ1n) is 6.11. The zero-order valence-corrected chi connectivity index (χ0v) is 11.6. The number of nitrogens with one attached hydrogen (secondary N) is 1. The van der Waals surface area contributed by atoms with Crippen molar-refractivity contribution in [2.75, 3.05) is 5.32 Å². The summed E-state index contributed by atoms with van der Waals surface area (Å²) < 4.78 is 13.0. The molecule has 19 heavy (non-hydrogen) atoms. The van der Waals surface area contributed by atoms with Crippen LogP contribution in [-0.4, -0.2) is 9.97 Å². The van der Waals surface area contributed by atoms with Crippen LogP contribution in [0.1, 0.15) is 24.0 Å². The lowest BCUT2D eigenvalue weighted by Crippen LogP contribution is -2.05. The van der Waals surface area contributed by atoms with Crippen molar-refractivity contribution in [3.05, 3.63) is 52.2 Å². The van der Waals surface area contributed by atoms with Gasteiger partial charge in [0, 0.05) is 18.3 Å². The topological polar surface area (TPSA) is 37.8 Å². The fourth-order valence-corrected chi connectivity index (χ4v) is 1.95. The number of rotatable bonds is 4. The molecule has 0 unspecified atom stereocenters. The van der Waals surface area contributed by atoms with E-state index in [0.29, 0.717) is 6.54 Å². The van der Waals surface area contributed by atoms with E-state index in [1.807, 2.05) is 19.9 Å². The highest BCUT2D eigenvalue weighted by Crippen LogP contribution is 2.17. The lowest BCUT2D eigenvalue weighted by molar-refractivity contribution is 0.627. The largest absolute Gasteiger partial charge is 0.366 e. The fourth-order valence-electron chi connectivity index (χ4n) is 1.74. The van der Waals surface area contributed by atoms with Crippen LogP contribution in [0.2, 0.25) is 5.02 Å². The maximum absolute atomic E-state index is 13.0. The van der Waals surface area contributed by atoms with Gasteiger partial charge in [-0.05, 0) is 31.0 Å². The maximum atomic E-state index is 13.0. The van der Waals surface area contributed by atoms with E-state index in [1.54, 1.807) is 12.1 Å². The molecule has 0 amide bonds. The highest BCUT2D eigenvalue weighted by Gasteiger charge is 2.03. The van der Waals surface area contributed by atoms with Gasteiger partial charge in [0.2, 0.25) is 0 Å². The van der Waals surface area contributed by atoms with Gasteiger partial charge in [-0.15, -0.1) is 0 Å². The van der Waals surface area contributed by atoms with Gasteiger partial charge < -0.3 is 5.32 Å². The Morgan fingerprint density at radius 2 is 2.05 bits per heavy atom. The first kappa shape index (κ1) is 13.7. The number of aromatic nitrogens is 2. The maximum Gasteiger partial charge on any atom is 0.141 e. The molecule has 0 aliphatic heterocycles. The van der Waals surface area contributed by atoms with E-state index in [2.05, 4.69) is 15.3 Å². The Morgan fingerprint density at radius 3 is 2.74 bits per heavy atom. The van der Waals surface area contributed by atoms with Crippen LogP contribution >= 0.6 is 11.6 Å². The summed E-state index contributed by atoms with van der Waals surface area (Å²) >= 11 is 5.74. The van der Waals surface area contributed by atoms with E-state index < -0.39 is 5.82 Å². The van der Waals surface area contributed by atoms with Gasteiger partial charge in [0.15, 0.2) is 0 Å². The van der Waals surface area contributed by atoms with Crippen LogP contribution in [0.3, 0.4) is 0 Å². The quantitative estimate of drug-likeness (QED) is 0.926. The molecule has 1 aromatic heterocycles. The normalized spacial score (nSPS) is 10.5. The molecular weight excluding hydrogens is 265 g/mol. The smallest absolute Gasteiger partial charge is 0.141 e. The van der Waals surface area contributed by atoms with Gasteiger partial charge in [0.25, 0.3) is 0 Å². The molecule has 1 heterocycles. The zero-order chi connectivity index (χ0) is 13.8. The molecule has 0 aliphatic carbocycles. The van der Waals surface area contributed by atoms with Crippen molar-refractivity contribution in [3.63, 3.8) is 0 Å². The van der Waals surface area contributed by atoms with Crippen LogP contribution in [0, 0.1) is 12.7 Å². The summed E-state index contributed by atoms with van der Waals surface area (Å²) in [5, 5.41) is 3.32. The molecule has 2 rings (SSSR count). The molecule has 0 atom stereocenters. The van der Waals surface area contributed by atoms with Crippen molar-refractivity contribution in [3.8, 4) is 0 Å². The number of benzene rings is 1. The predicted octanol–water partition coefficient (Wildman–Crippen LogP) is 3.75. The lowest BCUT2D eigenvalue weighted by atomic mass is 10.2. The van der Waals surface area contributed by atoms with E-state index in [1.165, 1.54) is 6.07 Å². The molecule has 0 radical (unpaired) electrons. The summed E-state index contributed by atoms with van der Waals surface area (Å²) in [4.78, 5) is 8.62. The van der Waals surface area contributed by atoms with E-state index in [4.69, 9.17) is 11.6 Å². The molecule has 0 bridgehead atoms. The Kier molecular flexibility index (Phi) is 4.32. The molecule has 2 aromatic rings. The first-order valence-corrected chi connectivity index (χ1v) is 6.48. The van der Waals surface area contributed by atoms with Crippen LogP contribution in [0.4, 0.5) is 10.2 Å². The number of halogens is 2. The molecular formula is C14H15ClFN3. The number of aryl methyl sites for hydroxylation is 2. The molecule has 3 nitrogen and oxygen atoms in total. The second kappa shape index (κ2) is 5.97. The Hall–Kier alpha value is -1.68. The molecule has 1 aromatic carbocycles. The summed E-state index contributed by atoms with van der Waals surface area (Å²) in [6.07, 6.45) is 0.862. The van der Waals surface area contributed by atoms with Gasteiger partial charge in [-0.3, -0.25) is 0 Å². The summed E-state index contributed by atoms with van der Waals surface area (Å²) in [6.45, 7) is 4.45. The van der Waals surface area contributed by atoms with Gasteiger partial charge in [-0.2, -0.15) is 0 Å². The molecule has 0 saturated carbocycles. The summed E-state index contributed by atoms with van der Waals surface area (Å²) in [5.41, 5.74) is 1.90. The number of hydrogen-bond donors (Lipinski definition) is 1. The van der Waals surface area contributed by atoms with Crippen LogP contribution < -0.4 is 5.32 Å². The minimum absolute atomic E-state index is 0.132. The van der Waals surface area contributed by atoms with Crippen molar-refractivity contribution in [1.29, 1.82) is 0 Å². The molecule has 0 fully saturated rings. The van der Waals surface area contributed by atoms with Crippen LogP contribution in [-0.2, 0) is 13.0 Å². The Labute approximate surface area is 116 Å². The van der Waals surface area contributed by atoms with Crippen LogP contribution in [0.15, 0.2) is 24.3 Å². The monoisotopic (exact) mass is 279 g/mol. The second-order valence-corrected chi connectivity index (χ2v) is 4.65. The Bertz CT molecular complexity index is 587. The average Bonchev–Trinajstić information content (AvgIpc) is 2.39. The van der Waals surface area contributed by atoms with Gasteiger partial charge in [0.05, 0.1) is 5.02 Å². The van der Waals surface area contributed by atoms with E-state index in [9.17, 15) is 4.39 Å². The van der Waals surface area contributed by atoms with Crippen LogP contribution in [0.25, 0.3) is 0 Å². The van der Waals surface area contributed by atoms with E-state index >= 15 is 0 Å². The van der Waals surface area contributed by atoms with E-state index in [-0.39, 0.29) is 5.02 Å². The highest BCUT2D eigenvalue weighted by molar-refractivity contribution is 6.30. The third kappa shape index (κ3) is 3.64. The summed E-state index contributed by atoms with van der Waals surface area (Å²) in [6, 6.07) is 6.59. The fraction of sp³-hybridized carbons (Fsp3) is 0.286. The van der Waals surface area contributed by atoms with Crippen LogP contribution in [0.5, 0.6) is 0 Å². The molecule has 0 spiro atoms. The molecule has 100 valence electrons. The van der Waals surface area contributed by atoms with Gasteiger partial charge in [-0.25, -0.2) is 14.4 Å². The van der Waals surface area contributed by atoms with Gasteiger partial charge in [0.1, 0.15) is 17.5 Å². The summed E-state index contributed by atoms with van der Waals surface area (Å²) in [5.74, 6) is 1.10. The highest BCUT2D eigenvalue weighted by atomic mass is 35.5. The van der Waals surface area contributed by atoms with Crippen molar-refractivity contribution in [2.45, 2.75) is 26.8 Å². The third-order valence-corrected chi connectivity index (χ3v) is 3.00. The van der Waals surface area contributed by atoms with Crippen molar-refractivity contribution < 1.29 is 4.39 Å². The SMILES string of the molecule is CCc1cc(NCc2ccc(F)c(Cl)c2)nc(C)n1. The minimum atomic E-state index is -0.406. The Morgan fingerprint density at radius 1 is 1.26 bits per heavy atom. The molecule has 5 heteroatoms. The lowest BCUT2D eigenvalue weighted by Gasteiger charge is -2.08. The molecule has 1 N–H and O–H groups in total. The molecule has 0 aliphatic rings. The van der Waals surface area contributed by atoms with E-state index in [0.717, 1.165) is 29.3 Å².